The summed E-state index contributed by atoms with van der Waals surface area (Å²) in [7, 11) is 0. The van der Waals surface area contributed by atoms with Crippen LogP contribution in [0.3, 0.4) is 0 Å². The number of rotatable bonds is 8. The van der Waals surface area contributed by atoms with E-state index in [2.05, 4.69) is 17.5 Å². The van der Waals surface area contributed by atoms with Gasteiger partial charge in [0.15, 0.2) is 0 Å². The maximum absolute atomic E-state index is 11.6. The highest BCUT2D eigenvalue weighted by Crippen LogP contribution is 2.14. The van der Waals surface area contributed by atoms with Crippen molar-refractivity contribution in [2.45, 2.75) is 84.0 Å². The molecule has 0 aromatic heterocycles. The molecule has 0 bridgehead atoms. The van der Waals surface area contributed by atoms with E-state index in [1.165, 1.54) is 57.1 Å². The smallest absolute Gasteiger partial charge is 0.240 e. The molecule has 0 aromatic rings. The van der Waals surface area contributed by atoms with Crippen molar-refractivity contribution < 1.29 is 4.79 Å². The molecule has 1 aliphatic rings. The Hall–Kier alpha value is -0.860. The van der Waals surface area contributed by atoms with Crippen molar-refractivity contribution in [1.29, 1.82) is 0 Å². The van der Waals surface area contributed by atoms with Crippen LogP contribution in [0.4, 0.5) is 0 Å². The number of hydrogen-bond donors (Lipinski definition) is 1. The normalized spacial score (nSPS) is 15.5. The maximum atomic E-state index is 11.6. The van der Waals surface area contributed by atoms with Crippen LogP contribution < -0.4 is 5.43 Å². The van der Waals surface area contributed by atoms with Crippen LogP contribution >= 0.6 is 0 Å². The average molecular weight is 252 g/mol. The second-order valence-corrected chi connectivity index (χ2v) is 5.29. The first-order chi connectivity index (χ1) is 8.83. The lowest BCUT2D eigenvalue weighted by Gasteiger charge is -2.11. The average Bonchev–Trinajstić information content (AvgIpc) is 2.41. The summed E-state index contributed by atoms with van der Waals surface area (Å²) >= 11 is 0. The van der Waals surface area contributed by atoms with Gasteiger partial charge in [-0.05, 0) is 32.1 Å². The second kappa shape index (κ2) is 10.1. The first-order valence-corrected chi connectivity index (χ1v) is 7.67. The third kappa shape index (κ3) is 7.46. The fourth-order valence-corrected chi connectivity index (χ4v) is 2.33. The monoisotopic (exact) mass is 252 g/mol. The molecule has 0 heterocycles. The van der Waals surface area contributed by atoms with Gasteiger partial charge in [0.1, 0.15) is 0 Å². The van der Waals surface area contributed by atoms with E-state index in [-0.39, 0.29) is 5.91 Å². The first-order valence-electron chi connectivity index (χ1n) is 7.67. The van der Waals surface area contributed by atoms with Crippen LogP contribution in [0.25, 0.3) is 0 Å². The Kier molecular flexibility index (Phi) is 8.53. The first kappa shape index (κ1) is 15.2. The van der Waals surface area contributed by atoms with Crippen LogP contribution in [0.2, 0.25) is 0 Å². The zero-order valence-corrected chi connectivity index (χ0v) is 11.8. The number of amides is 1. The van der Waals surface area contributed by atoms with Gasteiger partial charge in [0.05, 0.1) is 0 Å². The number of carbonyl (C=O) groups is 1. The maximum Gasteiger partial charge on any atom is 0.240 e. The van der Waals surface area contributed by atoms with Crippen LogP contribution in [-0.2, 0) is 4.79 Å². The van der Waals surface area contributed by atoms with Gasteiger partial charge in [-0.3, -0.25) is 4.79 Å². The molecule has 0 saturated heterocycles. The van der Waals surface area contributed by atoms with Crippen molar-refractivity contribution in [1.82, 2.24) is 5.43 Å². The summed E-state index contributed by atoms with van der Waals surface area (Å²) in [6.07, 6.45) is 13.9. The number of nitrogens with zero attached hydrogens (tertiary/aromatic N) is 1. The van der Waals surface area contributed by atoms with Crippen LogP contribution in [-0.4, -0.2) is 11.6 Å². The van der Waals surface area contributed by atoms with Gasteiger partial charge in [-0.1, -0.05) is 45.4 Å². The zero-order chi connectivity index (χ0) is 13.1. The highest BCUT2D eigenvalue weighted by molar-refractivity contribution is 5.86. The van der Waals surface area contributed by atoms with Gasteiger partial charge in [0, 0.05) is 12.1 Å². The van der Waals surface area contributed by atoms with Gasteiger partial charge >= 0.3 is 0 Å². The van der Waals surface area contributed by atoms with Gasteiger partial charge in [-0.25, -0.2) is 5.43 Å². The van der Waals surface area contributed by atoms with Crippen molar-refractivity contribution in [3.63, 3.8) is 0 Å². The van der Waals surface area contributed by atoms with E-state index in [0.717, 1.165) is 19.3 Å². The molecular formula is C15H28N2O. The van der Waals surface area contributed by atoms with Gasteiger partial charge < -0.3 is 0 Å². The fourth-order valence-electron chi connectivity index (χ4n) is 2.33. The molecule has 0 atom stereocenters. The van der Waals surface area contributed by atoms with Crippen molar-refractivity contribution in [3.8, 4) is 0 Å². The standard InChI is InChI=1S/C15H28N2O/c1-2-3-4-5-6-10-13-15(18)17-16-14-11-8-7-9-12-14/h2-13H2,1H3,(H,17,18). The lowest BCUT2D eigenvalue weighted by atomic mass is 9.99. The molecule has 0 radical (unpaired) electrons. The highest BCUT2D eigenvalue weighted by atomic mass is 16.2. The SMILES string of the molecule is CCCCCCCCC(=O)NN=C1CCCCC1. The van der Waals surface area contributed by atoms with E-state index in [1.54, 1.807) is 0 Å². The summed E-state index contributed by atoms with van der Waals surface area (Å²) in [6.45, 7) is 2.22. The lowest BCUT2D eigenvalue weighted by Crippen LogP contribution is -2.20. The van der Waals surface area contributed by atoms with Crippen molar-refractivity contribution >= 4 is 11.6 Å². The molecule has 1 fully saturated rings. The topological polar surface area (TPSA) is 41.5 Å². The molecule has 0 aromatic carbocycles. The molecule has 18 heavy (non-hydrogen) atoms. The molecule has 0 spiro atoms. The van der Waals surface area contributed by atoms with Crippen molar-refractivity contribution in [2.24, 2.45) is 5.10 Å². The van der Waals surface area contributed by atoms with Gasteiger partial charge in [-0.2, -0.15) is 5.10 Å². The molecule has 1 N–H and O–H groups in total. The summed E-state index contributed by atoms with van der Waals surface area (Å²) in [5.41, 5.74) is 3.88. The minimum atomic E-state index is 0.0866. The number of nitrogens with one attached hydrogen (secondary N) is 1. The number of carbonyl (C=O) groups excluding carboxylic acids is 1. The molecule has 1 saturated carbocycles. The Labute approximate surface area is 111 Å². The molecule has 3 heteroatoms. The molecule has 3 nitrogen and oxygen atoms in total. The third-order valence-corrected chi connectivity index (χ3v) is 3.53. The Morgan fingerprint density at radius 3 is 2.44 bits per heavy atom. The third-order valence-electron chi connectivity index (χ3n) is 3.53. The van der Waals surface area contributed by atoms with E-state index >= 15 is 0 Å². The number of hydrazone groups is 1. The quantitative estimate of drug-likeness (QED) is 0.511. The molecular weight excluding hydrogens is 224 g/mol. The second-order valence-electron chi connectivity index (χ2n) is 5.29. The molecule has 1 aliphatic carbocycles. The summed E-state index contributed by atoms with van der Waals surface area (Å²) in [6, 6.07) is 0. The van der Waals surface area contributed by atoms with Crippen LogP contribution in [0, 0.1) is 0 Å². The van der Waals surface area contributed by atoms with Gasteiger partial charge in [-0.15, -0.1) is 0 Å². The Morgan fingerprint density at radius 1 is 1.06 bits per heavy atom. The minimum absolute atomic E-state index is 0.0866. The van der Waals surface area contributed by atoms with Gasteiger partial charge in [0.2, 0.25) is 5.91 Å². The largest absolute Gasteiger partial charge is 0.273 e. The highest BCUT2D eigenvalue weighted by Gasteiger charge is 2.07. The minimum Gasteiger partial charge on any atom is -0.273 e. The lowest BCUT2D eigenvalue weighted by molar-refractivity contribution is -0.121. The summed E-state index contributed by atoms with van der Waals surface area (Å²) < 4.78 is 0. The van der Waals surface area contributed by atoms with E-state index in [4.69, 9.17) is 0 Å². The predicted molar refractivity (Wildman–Crippen MR) is 76.7 cm³/mol. The molecule has 1 rings (SSSR count). The molecule has 1 amide bonds. The zero-order valence-electron chi connectivity index (χ0n) is 11.8. The Balaban J connectivity index is 1.99. The van der Waals surface area contributed by atoms with Crippen LogP contribution in [0.15, 0.2) is 5.10 Å². The summed E-state index contributed by atoms with van der Waals surface area (Å²) in [5.74, 6) is 0.0866. The Morgan fingerprint density at radius 2 is 1.72 bits per heavy atom. The van der Waals surface area contributed by atoms with Gasteiger partial charge in [0.25, 0.3) is 0 Å². The van der Waals surface area contributed by atoms with E-state index in [9.17, 15) is 4.79 Å². The molecule has 0 aliphatic heterocycles. The summed E-state index contributed by atoms with van der Waals surface area (Å²) in [5, 5.41) is 4.23. The Bertz CT molecular complexity index is 253. The van der Waals surface area contributed by atoms with Crippen molar-refractivity contribution in [2.75, 3.05) is 0 Å². The number of hydrogen-bond acceptors (Lipinski definition) is 2. The van der Waals surface area contributed by atoms with Crippen molar-refractivity contribution in [3.05, 3.63) is 0 Å². The van der Waals surface area contributed by atoms with E-state index in [1.807, 2.05) is 0 Å². The van der Waals surface area contributed by atoms with E-state index < -0.39 is 0 Å². The molecule has 104 valence electrons. The number of unbranched alkanes of at least 4 members (excludes halogenated alkanes) is 5. The van der Waals surface area contributed by atoms with E-state index in [0.29, 0.717) is 6.42 Å². The van der Waals surface area contributed by atoms with Crippen LogP contribution in [0.5, 0.6) is 0 Å². The van der Waals surface area contributed by atoms with Crippen LogP contribution in [0.1, 0.15) is 84.0 Å². The summed E-state index contributed by atoms with van der Waals surface area (Å²) in [4.78, 5) is 11.6. The predicted octanol–water partition coefficient (Wildman–Crippen LogP) is 4.17. The molecule has 0 unspecified atom stereocenters. The fraction of sp³-hybridized carbons (Fsp3) is 0.867.